The lowest BCUT2D eigenvalue weighted by Gasteiger charge is -2.29. The van der Waals surface area contributed by atoms with E-state index in [4.69, 9.17) is 0 Å². The van der Waals surface area contributed by atoms with Gasteiger partial charge in [0, 0.05) is 20.1 Å². The fourth-order valence-corrected chi connectivity index (χ4v) is 3.38. The van der Waals surface area contributed by atoms with Gasteiger partial charge in [0.05, 0.1) is 6.04 Å². The molecule has 0 aliphatic carbocycles. The third-order valence-electron chi connectivity index (χ3n) is 4.76. The van der Waals surface area contributed by atoms with Gasteiger partial charge in [-0.2, -0.15) is 0 Å². The Bertz CT molecular complexity index is 648. The van der Waals surface area contributed by atoms with E-state index in [1.54, 1.807) is 0 Å². The molecule has 1 heterocycles. The van der Waals surface area contributed by atoms with E-state index in [0.29, 0.717) is 6.04 Å². The number of likely N-dealkylation sites (tertiary alicyclic amines) is 1. The maximum Gasteiger partial charge on any atom is 0.191 e. The number of hydrogen-bond donors (Lipinski definition) is 2. The highest BCUT2D eigenvalue weighted by Gasteiger charge is 2.23. The van der Waals surface area contributed by atoms with Crippen LogP contribution in [0, 0.1) is 0 Å². The van der Waals surface area contributed by atoms with Crippen LogP contribution in [-0.4, -0.2) is 37.5 Å². The van der Waals surface area contributed by atoms with Crippen molar-refractivity contribution in [2.24, 2.45) is 4.99 Å². The zero-order valence-corrected chi connectivity index (χ0v) is 15.0. The lowest BCUT2D eigenvalue weighted by Crippen LogP contribution is -2.42. The number of guanidine groups is 1. The molecule has 2 N–H and O–H groups in total. The minimum atomic E-state index is 0.388. The summed E-state index contributed by atoms with van der Waals surface area (Å²) in [6.45, 7) is 3.99. The van der Waals surface area contributed by atoms with Crippen molar-refractivity contribution in [3.63, 3.8) is 0 Å². The van der Waals surface area contributed by atoms with Gasteiger partial charge in [-0.1, -0.05) is 60.7 Å². The molecule has 4 nitrogen and oxygen atoms in total. The first-order valence-corrected chi connectivity index (χ1v) is 9.14. The van der Waals surface area contributed by atoms with Crippen molar-refractivity contribution in [3.8, 4) is 0 Å². The van der Waals surface area contributed by atoms with E-state index in [-0.39, 0.29) is 0 Å². The molecular formula is C21H28N4. The van der Waals surface area contributed by atoms with Crippen LogP contribution in [0.2, 0.25) is 0 Å². The Labute approximate surface area is 151 Å². The normalized spacial score (nSPS) is 16.6. The molecule has 25 heavy (non-hydrogen) atoms. The van der Waals surface area contributed by atoms with Gasteiger partial charge in [0.15, 0.2) is 5.96 Å². The quantitative estimate of drug-likeness (QED) is 0.629. The first-order chi connectivity index (χ1) is 12.4. The van der Waals surface area contributed by atoms with Gasteiger partial charge < -0.3 is 10.6 Å². The molecule has 2 aromatic carbocycles. The predicted molar refractivity (Wildman–Crippen MR) is 105 cm³/mol. The monoisotopic (exact) mass is 336 g/mol. The van der Waals surface area contributed by atoms with Crippen LogP contribution in [0.1, 0.15) is 30.0 Å². The SMILES string of the molecule is CN=C(NCc1ccccc1)NCC(c1ccccc1)N1CCCC1. The minimum Gasteiger partial charge on any atom is -0.354 e. The Morgan fingerprint density at radius 3 is 2.24 bits per heavy atom. The Balaban J connectivity index is 1.59. The summed E-state index contributed by atoms with van der Waals surface area (Å²) in [6.07, 6.45) is 2.59. The largest absolute Gasteiger partial charge is 0.354 e. The van der Waals surface area contributed by atoms with Crippen LogP contribution >= 0.6 is 0 Å². The predicted octanol–water partition coefficient (Wildman–Crippen LogP) is 3.19. The number of aliphatic imine (C=N–C) groups is 1. The summed E-state index contributed by atoms with van der Waals surface area (Å²) >= 11 is 0. The van der Waals surface area contributed by atoms with Gasteiger partial charge in [-0.25, -0.2) is 0 Å². The van der Waals surface area contributed by atoms with Crippen LogP contribution in [0.15, 0.2) is 65.7 Å². The molecule has 1 aliphatic rings. The van der Waals surface area contributed by atoms with Crippen molar-refractivity contribution in [3.05, 3.63) is 71.8 Å². The van der Waals surface area contributed by atoms with Crippen molar-refractivity contribution in [2.45, 2.75) is 25.4 Å². The van der Waals surface area contributed by atoms with Gasteiger partial charge >= 0.3 is 0 Å². The zero-order chi connectivity index (χ0) is 17.3. The van der Waals surface area contributed by atoms with Crippen LogP contribution in [0.5, 0.6) is 0 Å². The van der Waals surface area contributed by atoms with Crippen molar-refractivity contribution in [1.29, 1.82) is 0 Å². The highest BCUT2D eigenvalue weighted by atomic mass is 15.2. The average Bonchev–Trinajstić information content (AvgIpc) is 3.20. The number of benzene rings is 2. The van der Waals surface area contributed by atoms with Crippen molar-refractivity contribution < 1.29 is 0 Å². The molecule has 1 saturated heterocycles. The standard InChI is InChI=1S/C21H28N4/c1-22-21(23-16-18-10-4-2-5-11-18)24-17-20(25-14-8-9-15-25)19-12-6-3-7-13-19/h2-7,10-13,20H,8-9,14-17H2,1H3,(H2,22,23,24). The molecule has 0 saturated carbocycles. The topological polar surface area (TPSA) is 39.7 Å². The summed E-state index contributed by atoms with van der Waals surface area (Å²) in [6, 6.07) is 21.6. The molecule has 0 radical (unpaired) electrons. The lowest BCUT2D eigenvalue weighted by molar-refractivity contribution is 0.245. The van der Waals surface area contributed by atoms with E-state index in [9.17, 15) is 0 Å². The van der Waals surface area contributed by atoms with Crippen molar-refractivity contribution in [1.82, 2.24) is 15.5 Å². The maximum atomic E-state index is 4.37. The molecule has 1 atom stereocenters. The third kappa shape index (κ3) is 5.07. The maximum absolute atomic E-state index is 4.37. The second-order valence-corrected chi connectivity index (χ2v) is 6.46. The Morgan fingerprint density at radius 2 is 1.60 bits per heavy atom. The number of rotatable bonds is 6. The van der Waals surface area contributed by atoms with E-state index >= 15 is 0 Å². The van der Waals surface area contributed by atoms with Crippen LogP contribution in [0.3, 0.4) is 0 Å². The molecule has 2 aromatic rings. The Kier molecular flexibility index (Phi) is 6.46. The van der Waals surface area contributed by atoms with Gasteiger partial charge in [-0.3, -0.25) is 9.89 Å². The first-order valence-electron chi connectivity index (χ1n) is 9.14. The Hall–Kier alpha value is -2.33. The van der Waals surface area contributed by atoms with Gasteiger partial charge in [0.25, 0.3) is 0 Å². The van der Waals surface area contributed by atoms with E-state index < -0.39 is 0 Å². The van der Waals surface area contributed by atoms with Gasteiger partial charge in [0.2, 0.25) is 0 Å². The van der Waals surface area contributed by atoms with E-state index in [0.717, 1.165) is 19.0 Å². The molecule has 1 aliphatic heterocycles. The highest BCUT2D eigenvalue weighted by molar-refractivity contribution is 5.79. The lowest BCUT2D eigenvalue weighted by atomic mass is 10.1. The van der Waals surface area contributed by atoms with Crippen molar-refractivity contribution >= 4 is 5.96 Å². The summed E-state index contributed by atoms with van der Waals surface area (Å²) in [7, 11) is 1.83. The van der Waals surface area contributed by atoms with Gasteiger partial charge in [0.1, 0.15) is 0 Å². The first kappa shape index (κ1) is 17.5. The van der Waals surface area contributed by atoms with Crippen LogP contribution in [0.4, 0.5) is 0 Å². The smallest absolute Gasteiger partial charge is 0.191 e. The van der Waals surface area contributed by atoms with Gasteiger partial charge in [-0.05, 0) is 37.1 Å². The van der Waals surface area contributed by atoms with Crippen LogP contribution in [0.25, 0.3) is 0 Å². The number of hydrogen-bond acceptors (Lipinski definition) is 2. The summed E-state index contributed by atoms with van der Waals surface area (Å²) < 4.78 is 0. The molecule has 1 unspecified atom stereocenters. The summed E-state index contributed by atoms with van der Waals surface area (Å²) in [5, 5.41) is 6.92. The van der Waals surface area contributed by atoms with E-state index in [1.807, 2.05) is 13.1 Å². The third-order valence-corrected chi connectivity index (χ3v) is 4.76. The summed E-state index contributed by atoms with van der Waals surface area (Å²) in [4.78, 5) is 6.95. The fraction of sp³-hybridized carbons (Fsp3) is 0.381. The molecular weight excluding hydrogens is 308 g/mol. The fourth-order valence-electron chi connectivity index (χ4n) is 3.38. The molecule has 0 amide bonds. The van der Waals surface area contributed by atoms with E-state index in [1.165, 1.54) is 37.1 Å². The summed E-state index contributed by atoms with van der Waals surface area (Å²) in [5.74, 6) is 0.851. The summed E-state index contributed by atoms with van der Waals surface area (Å²) in [5.41, 5.74) is 2.63. The molecule has 132 valence electrons. The highest BCUT2D eigenvalue weighted by Crippen LogP contribution is 2.24. The average molecular weight is 336 g/mol. The number of nitrogens with one attached hydrogen (secondary N) is 2. The van der Waals surface area contributed by atoms with Crippen LogP contribution < -0.4 is 10.6 Å². The zero-order valence-electron chi connectivity index (χ0n) is 15.0. The number of nitrogens with zero attached hydrogens (tertiary/aromatic N) is 2. The molecule has 1 fully saturated rings. The molecule has 3 rings (SSSR count). The van der Waals surface area contributed by atoms with Crippen molar-refractivity contribution in [2.75, 3.05) is 26.7 Å². The second-order valence-electron chi connectivity index (χ2n) is 6.46. The second kappa shape index (κ2) is 9.23. The van der Waals surface area contributed by atoms with Gasteiger partial charge in [-0.15, -0.1) is 0 Å². The van der Waals surface area contributed by atoms with Crippen LogP contribution in [-0.2, 0) is 6.54 Å². The molecule has 0 spiro atoms. The Morgan fingerprint density at radius 1 is 0.960 bits per heavy atom. The minimum absolute atomic E-state index is 0.388. The van der Waals surface area contributed by atoms with E-state index in [2.05, 4.69) is 75.1 Å². The molecule has 4 heteroatoms. The molecule has 0 bridgehead atoms. The molecule has 0 aromatic heterocycles.